The summed E-state index contributed by atoms with van der Waals surface area (Å²) in [6.07, 6.45) is 3.27. The zero-order chi connectivity index (χ0) is 17.1. The SMILES string of the molecule is CCCC(=O)Nc1ccc2nc(-c3ccc(OC)cc3)c(C)n2c1. The van der Waals surface area contributed by atoms with Crippen molar-refractivity contribution in [1.82, 2.24) is 9.38 Å². The van der Waals surface area contributed by atoms with Gasteiger partial charge in [0.15, 0.2) is 0 Å². The summed E-state index contributed by atoms with van der Waals surface area (Å²) in [7, 11) is 1.65. The van der Waals surface area contributed by atoms with Crippen molar-refractivity contribution >= 4 is 17.2 Å². The smallest absolute Gasteiger partial charge is 0.224 e. The average molecular weight is 323 g/mol. The van der Waals surface area contributed by atoms with Gasteiger partial charge in [0.05, 0.1) is 18.5 Å². The van der Waals surface area contributed by atoms with Crippen LogP contribution in [0, 0.1) is 6.92 Å². The van der Waals surface area contributed by atoms with Crippen molar-refractivity contribution in [3.05, 3.63) is 48.3 Å². The predicted molar refractivity (Wildman–Crippen MR) is 95.5 cm³/mol. The Morgan fingerprint density at radius 3 is 2.62 bits per heavy atom. The number of ether oxygens (including phenoxy) is 1. The third-order valence-electron chi connectivity index (χ3n) is 3.98. The summed E-state index contributed by atoms with van der Waals surface area (Å²) in [5.41, 5.74) is 4.62. The molecule has 1 N–H and O–H groups in total. The number of pyridine rings is 1. The van der Waals surface area contributed by atoms with Gasteiger partial charge in [-0.2, -0.15) is 0 Å². The number of carbonyl (C=O) groups is 1. The molecule has 0 spiro atoms. The molecule has 0 aliphatic heterocycles. The Labute approximate surface area is 141 Å². The zero-order valence-electron chi connectivity index (χ0n) is 14.2. The van der Waals surface area contributed by atoms with Crippen molar-refractivity contribution in [1.29, 1.82) is 0 Å². The quantitative estimate of drug-likeness (QED) is 0.770. The molecule has 5 nitrogen and oxygen atoms in total. The number of nitrogens with one attached hydrogen (secondary N) is 1. The first-order chi connectivity index (χ1) is 11.6. The summed E-state index contributed by atoms with van der Waals surface area (Å²) >= 11 is 0. The van der Waals surface area contributed by atoms with E-state index in [0.717, 1.165) is 40.5 Å². The molecule has 124 valence electrons. The number of fused-ring (bicyclic) bond motifs is 1. The fourth-order valence-corrected chi connectivity index (χ4v) is 2.71. The van der Waals surface area contributed by atoms with Crippen LogP contribution in [0.25, 0.3) is 16.9 Å². The lowest BCUT2D eigenvalue weighted by molar-refractivity contribution is -0.116. The molecule has 0 atom stereocenters. The Kier molecular flexibility index (Phi) is 4.51. The van der Waals surface area contributed by atoms with Gasteiger partial charge in [0.2, 0.25) is 5.91 Å². The minimum atomic E-state index is 0.0324. The number of nitrogens with zero attached hydrogens (tertiary/aromatic N) is 2. The third kappa shape index (κ3) is 3.11. The second kappa shape index (κ2) is 6.74. The molecule has 0 fully saturated rings. The molecule has 24 heavy (non-hydrogen) atoms. The van der Waals surface area contributed by atoms with Gasteiger partial charge < -0.3 is 14.5 Å². The van der Waals surface area contributed by atoms with Crippen molar-refractivity contribution in [3.63, 3.8) is 0 Å². The monoisotopic (exact) mass is 323 g/mol. The van der Waals surface area contributed by atoms with E-state index in [9.17, 15) is 4.79 Å². The summed E-state index contributed by atoms with van der Waals surface area (Å²) in [6, 6.07) is 11.6. The van der Waals surface area contributed by atoms with Crippen LogP contribution < -0.4 is 10.1 Å². The molecular formula is C19H21N3O2. The first-order valence-electron chi connectivity index (χ1n) is 8.05. The minimum absolute atomic E-state index is 0.0324. The molecule has 2 aromatic heterocycles. The van der Waals surface area contributed by atoms with Crippen LogP contribution in [-0.4, -0.2) is 22.4 Å². The zero-order valence-corrected chi connectivity index (χ0v) is 14.2. The van der Waals surface area contributed by atoms with Crippen LogP contribution in [0.1, 0.15) is 25.5 Å². The fourth-order valence-electron chi connectivity index (χ4n) is 2.71. The number of hydrogen-bond donors (Lipinski definition) is 1. The van der Waals surface area contributed by atoms with Gasteiger partial charge in [-0.25, -0.2) is 4.98 Å². The number of imidazole rings is 1. The molecule has 0 unspecified atom stereocenters. The molecule has 5 heteroatoms. The second-order valence-corrected chi connectivity index (χ2v) is 5.72. The molecule has 3 rings (SSSR count). The maximum atomic E-state index is 11.8. The van der Waals surface area contributed by atoms with Gasteiger partial charge >= 0.3 is 0 Å². The molecule has 0 saturated heterocycles. The molecule has 0 radical (unpaired) electrons. The molecule has 3 aromatic rings. The van der Waals surface area contributed by atoms with Gasteiger partial charge in [0.25, 0.3) is 0 Å². The van der Waals surface area contributed by atoms with E-state index in [2.05, 4.69) is 5.32 Å². The molecule has 1 amide bonds. The number of carbonyl (C=O) groups excluding carboxylic acids is 1. The van der Waals surface area contributed by atoms with E-state index in [-0.39, 0.29) is 5.91 Å². The van der Waals surface area contributed by atoms with Crippen LogP contribution in [-0.2, 0) is 4.79 Å². The van der Waals surface area contributed by atoms with Crippen LogP contribution in [0.3, 0.4) is 0 Å². The lowest BCUT2D eigenvalue weighted by Crippen LogP contribution is -2.11. The van der Waals surface area contributed by atoms with Crippen molar-refractivity contribution in [2.24, 2.45) is 0 Å². The Morgan fingerprint density at radius 1 is 1.21 bits per heavy atom. The molecule has 0 bridgehead atoms. The third-order valence-corrected chi connectivity index (χ3v) is 3.98. The summed E-state index contributed by atoms with van der Waals surface area (Å²) in [4.78, 5) is 16.5. The van der Waals surface area contributed by atoms with Gasteiger partial charge in [-0.3, -0.25) is 4.79 Å². The predicted octanol–water partition coefficient (Wildman–Crippen LogP) is 4.06. The fraction of sp³-hybridized carbons (Fsp3) is 0.263. The normalized spacial score (nSPS) is 10.8. The molecule has 1 aromatic carbocycles. The van der Waals surface area contributed by atoms with E-state index in [1.165, 1.54) is 0 Å². The highest BCUT2D eigenvalue weighted by Gasteiger charge is 2.11. The van der Waals surface area contributed by atoms with E-state index in [1.807, 2.05) is 60.8 Å². The number of benzene rings is 1. The van der Waals surface area contributed by atoms with Crippen molar-refractivity contribution in [3.8, 4) is 17.0 Å². The summed E-state index contributed by atoms with van der Waals surface area (Å²) < 4.78 is 7.20. The van der Waals surface area contributed by atoms with Gasteiger partial charge in [-0.15, -0.1) is 0 Å². The first-order valence-corrected chi connectivity index (χ1v) is 8.05. The summed E-state index contributed by atoms with van der Waals surface area (Å²) in [5.74, 6) is 0.853. The Morgan fingerprint density at radius 2 is 1.96 bits per heavy atom. The van der Waals surface area contributed by atoms with Crippen LogP contribution in [0.4, 0.5) is 5.69 Å². The summed E-state index contributed by atoms with van der Waals surface area (Å²) in [6.45, 7) is 4.02. The Balaban J connectivity index is 1.96. The topological polar surface area (TPSA) is 55.6 Å². The van der Waals surface area contributed by atoms with E-state index in [0.29, 0.717) is 6.42 Å². The standard InChI is InChI=1S/C19H21N3O2/c1-4-5-18(23)20-15-8-11-17-21-19(13(2)22(17)12-15)14-6-9-16(24-3)10-7-14/h6-12H,4-5H2,1-3H3,(H,20,23). The van der Waals surface area contributed by atoms with Gasteiger partial charge in [-0.1, -0.05) is 6.92 Å². The van der Waals surface area contributed by atoms with Gasteiger partial charge in [-0.05, 0) is 49.7 Å². The highest BCUT2D eigenvalue weighted by atomic mass is 16.5. The van der Waals surface area contributed by atoms with Crippen LogP contribution in [0.5, 0.6) is 5.75 Å². The number of hydrogen-bond acceptors (Lipinski definition) is 3. The van der Waals surface area contributed by atoms with Gasteiger partial charge in [0.1, 0.15) is 11.4 Å². The lowest BCUT2D eigenvalue weighted by atomic mass is 10.1. The number of aromatic nitrogens is 2. The van der Waals surface area contributed by atoms with Crippen molar-refractivity contribution in [2.75, 3.05) is 12.4 Å². The largest absolute Gasteiger partial charge is 0.497 e. The van der Waals surface area contributed by atoms with Crippen molar-refractivity contribution in [2.45, 2.75) is 26.7 Å². The van der Waals surface area contributed by atoms with E-state index >= 15 is 0 Å². The number of amides is 1. The van der Waals surface area contributed by atoms with Crippen LogP contribution >= 0.6 is 0 Å². The molecular weight excluding hydrogens is 302 g/mol. The molecule has 0 aliphatic carbocycles. The second-order valence-electron chi connectivity index (χ2n) is 5.72. The Bertz CT molecular complexity index is 866. The van der Waals surface area contributed by atoms with Crippen LogP contribution in [0.15, 0.2) is 42.6 Å². The molecule has 0 aliphatic rings. The maximum Gasteiger partial charge on any atom is 0.224 e. The number of methoxy groups -OCH3 is 1. The highest BCUT2D eigenvalue weighted by Crippen LogP contribution is 2.26. The number of aryl methyl sites for hydroxylation is 1. The maximum absolute atomic E-state index is 11.8. The van der Waals surface area contributed by atoms with Crippen LogP contribution in [0.2, 0.25) is 0 Å². The van der Waals surface area contributed by atoms with E-state index in [4.69, 9.17) is 9.72 Å². The van der Waals surface area contributed by atoms with E-state index in [1.54, 1.807) is 7.11 Å². The average Bonchev–Trinajstić information content (AvgIpc) is 2.92. The van der Waals surface area contributed by atoms with Crippen molar-refractivity contribution < 1.29 is 9.53 Å². The highest BCUT2D eigenvalue weighted by molar-refractivity contribution is 5.90. The number of anilines is 1. The molecule has 2 heterocycles. The van der Waals surface area contributed by atoms with E-state index < -0.39 is 0 Å². The lowest BCUT2D eigenvalue weighted by Gasteiger charge is -2.06. The minimum Gasteiger partial charge on any atom is -0.497 e. The first kappa shape index (κ1) is 16.1. The Hall–Kier alpha value is -2.82. The number of rotatable bonds is 5. The summed E-state index contributed by atoms with van der Waals surface area (Å²) in [5, 5.41) is 2.92. The molecule has 0 saturated carbocycles. The van der Waals surface area contributed by atoms with Gasteiger partial charge in [0, 0.05) is 23.9 Å².